The van der Waals surface area contributed by atoms with Gasteiger partial charge < -0.3 is 19.7 Å². The number of aliphatic hydroxyl groups is 2. The lowest BCUT2D eigenvalue weighted by Gasteiger charge is -2.45. The summed E-state index contributed by atoms with van der Waals surface area (Å²) < 4.78 is 11.5. The molecule has 1 spiro atoms. The molecule has 2 aliphatic heterocycles. The van der Waals surface area contributed by atoms with E-state index >= 15 is 0 Å². The van der Waals surface area contributed by atoms with Crippen LogP contribution < -0.4 is 0 Å². The van der Waals surface area contributed by atoms with Crippen LogP contribution in [0.25, 0.3) is 0 Å². The second kappa shape index (κ2) is 5.00. The third kappa shape index (κ3) is 2.40. The van der Waals surface area contributed by atoms with E-state index in [1.807, 2.05) is 0 Å². The highest BCUT2D eigenvalue weighted by molar-refractivity contribution is 4.87. The van der Waals surface area contributed by atoms with E-state index in [9.17, 15) is 5.11 Å². The fourth-order valence-corrected chi connectivity index (χ4v) is 2.53. The van der Waals surface area contributed by atoms with Crippen LogP contribution in [0.5, 0.6) is 0 Å². The zero-order valence-electron chi connectivity index (χ0n) is 9.89. The summed E-state index contributed by atoms with van der Waals surface area (Å²) in [4.78, 5) is 0. The molecule has 16 heavy (non-hydrogen) atoms. The smallest absolute Gasteiger partial charge is 0.170 e. The van der Waals surface area contributed by atoms with Crippen molar-refractivity contribution in [3.8, 4) is 0 Å². The van der Waals surface area contributed by atoms with Crippen LogP contribution in [0, 0.1) is 11.8 Å². The van der Waals surface area contributed by atoms with Gasteiger partial charge in [0.25, 0.3) is 0 Å². The van der Waals surface area contributed by atoms with Crippen LogP contribution in [0.1, 0.15) is 32.6 Å². The molecule has 4 atom stereocenters. The zero-order chi connectivity index (χ0) is 11.6. The molecular weight excluding hydrogens is 208 g/mol. The third-order valence-electron chi connectivity index (χ3n) is 3.95. The Morgan fingerprint density at radius 3 is 2.56 bits per heavy atom. The maximum absolute atomic E-state index is 9.89. The molecular formula is C12H22O4. The van der Waals surface area contributed by atoms with Crippen molar-refractivity contribution in [3.63, 3.8) is 0 Å². The van der Waals surface area contributed by atoms with Gasteiger partial charge in [0, 0.05) is 18.8 Å². The van der Waals surface area contributed by atoms with Crippen LogP contribution >= 0.6 is 0 Å². The van der Waals surface area contributed by atoms with E-state index in [1.54, 1.807) is 0 Å². The van der Waals surface area contributed by atoms with Crippen molar-refractivity contribution >= 4 is 0 Å². The average Bonchev–Trinajstić information content (AvgIpc) is 2.30. The van der Waals surface area contributed by atoms with Gasteiger partial charge in [-0.1, -0.05) is 13.3 Å². The normalized spacial score (nSPS) is 44.8. The minimum absolute atomic E-state index is 0.0190. The number of hydrogen-bond acceptors (Lipinski definition) is 4. The van der Waals surface area contributed by atoms with Gasteiger partial charge in [-0.05, 0) is 12.3 Å². The predicted molar refractivity (Wildman–Crippen MR) is 58.8 cm³/mol. The van der Waals surface area contributed by atoms with Gasteiger partial charge in [0.05, 0.1) is 25.9 Å². The molecule has 4 heteroatoms. The van der Waals surface area contributed by atoms with Crippen molar-refractivity contribution in [2.45, 2.75) is 44.5 Å². The molecule has 2 heterocycles. The molecule has 2 N–H and O–H groups in total. The maximum Gasteiger partial charge on any atom is 0.170 e. The van der Waals surface area contributed by atoms with Crippen molar-refractivity contribution in [1.29, 1.82) is 0 Å². The molecule has 0 amide bonds. The minimum atomic E-state index is -0.573. The molecule has 0 aromatic carbocycles. The highest BCUT2D eigenvalue weighted by atomic mass is 16.7. The van der Waals surface area contributed by atoms with E-state index in [4.69, 9.17) is 14.6 Å². The van der Waals surface area contributed by atoms with Crippen LogP contribution in [0.15, 0.2) is 0 Å². The van der Waals surface area contributed by atoms with Gasteiger partial charge in [-0.3, -0.25) is 0 Å². The summed E-state index contributed by atoms with van der Waals surface area (Å²) in [5, 5.41) is 18.9. The molecule has 0 aromatic heterocycles. The quantitative estimate of drug-likeness (QED) is 0.740. The monoisotopic (exact) mass is 230 g/mol. The summed E-state index contributed by atoms with van der Waals surface area (Å²) >= 11 is 0. The summed E-state index contributed by atoms with van der Waals surface area (Å²) in [7, 11) is 0. The molecule has 0 unspecified atom stereocenters. The van der Waals surface area contributed by atoms with Gasteiger partial charge in [-0.2, -0.15) is 0 Å². The van der Waals surface area contributed by atoms with E-state index in [0.717, 1.165) is 25.9 Å². The summed E-state index contributed by atoms with van der Waals surface area (Å²) in [6.45, 7) is 3.28. The molecule has 0 aromatic rings. The van der Waals surface area contributed by atoms with Crippen molar-refractivity contribution in [2.75, 3.05) is 19.8 Å². The SMILES string of the molecule is CC[C@H]1CC[C@@]2(C[C@H](O)[C@H](CO)CO2)OC1. The van der Waals surface area contributed by atoms with Crippen molar-refractivity contribution in [3.05, 3.63) is 0 Å². The molecule has 0 aliphatic carbocycles. The standard InChI is InChI=1S/C12H22O4/c1-2-9-3-4-12(15-7-9)5-11(14)10(6-13)8-16-12/h9-11,13-14H,2-8H2,1H3/t9-,10+,11-,12+/m0/s1. The second-order valence-electron chi connectivity index (χ2n) is 5.06. The van der Waals surface area contributed by atoms with Crippen molar-refractivity contribution < 1.29 is 19.7 Å². The van der Waals surface area contributed by atoms with E-state index < -0.39 is 11.9 Å². The van der Waals surface area contributed by atoms with Crippen LogP contribution in [0.4, 0.5) is 0 Å². The first-order valence-electron chi connectivity index (χ1n) is 6.26. The Kier molecular flexibility index (Phi) is 3.85. The fraction of sp³-hybridized carbons (Fsp3) is 1.00. The molecule has 2 rings (SSSR count). The maximum atomic E-state index is 9.89. The highest BCUT2D eigenvalue weighted by Crippen LogP contribution is 2.38. The lowest BCUT2D eigenvalue weighted by Crippen LogP contribution is -2.51. The Morgan fingerprint density at radius 1 is 1.31 bits per heavy atom. The minimum Gasteiger partial charge on any atom is -0.396 e. The lowest BCUT2D eigenvalue weighted by molar-refractivity contribution is -0.307. The van der Waals surface area contributed by atoms with Gasteiger partial charge in [-0.15, -0.1) is 0 Å². The molecule has 2 fully saturated rings. The van der Waals surface area contributed by atoms with E-state index in [-0.39, 0.29) is 12.5 Å². The predicted octanol–water partition coefficient (Wildman–Crippen LogP) is 0.909. The first kappa shape index (κ1) is 12.3. The first-order valence-corrected chi connectivity index (χ1v) is 6.26. The largest absolute Gasteiger partial charge is 0.396 e. The number of hydrogen-bond donors (Lipinski definition) is 2. The highest BCUT2D eigenvalue weighted by Gasteiger charge is 2.44. The number of aliphatic hydroxyl groups excluding tert-OH is 2. The van der Waals surface area contributed by atoms with Gasteiger partial charge in [-0.25, -0.2) is 0 Å². The molecule has 4 nitrogen and oxygen atoms in total. The van der Waals surface area contributed by atoms with Gasteiger partial charge in [0.15, 0.2) is 5.79 Å². The van der Waals surface area contributed by atoms with Crippen LogP contribution in [-0.2, 0) is 9.47 Å². The van der Waals surface area contributed by atoms with Crippen molar-refractivity contribution in [2.24, 2.45) is 11.8 Å². The summed E-state index contributed by atoms with van der Waals surface area (Å²) in [5.74, 6) is -0.100. The third-order valence-corrected chi connectivity index (χ3v) is 3.95. The molecule has 0 bridgehead atoms. The van der Waals surface area contributed by atoms with Crippen LogP contribution in [0.3, 0.4) is 0 Å². The number of rotatable bonds is 2. The van der Waals surface area contributed by atoms with Gasteiger partial charge in [0.1, 0.15) is 0 Å². The van der Waals surface area contributed by atoms with E-state index in [2.05, 4.69) is 6.92 Å². The molecule has 0 radical (unpaired) electrons. The summed E-state index contributed by atoms with van der Waals surface area (Å²) in [6, 6.07) is 0. The molecule has 94 valence electrons. The van der Waals surface area contributed by atoms with E-state index in [1.165, 1.54) is 0 Å². The Labute approximate surface area is 96.6 Å². The van der Waals surface area contributed by atoms with Gasteiger partial charge in [0.2, 0.25) is 0 Å². The fourth-order valence-electron chi connectivity index (χ4n) is 2.53. The zero-order valence-corrected chi connectivity index (χ0v) is 9.89. The first-order chi connectivity index (χ1) is 7.69. The van der Waals surface area contributed by atoms with E-state index in [0.29, 0.717) is 18.9 Å². The number of ether oxygens (including phenoxy) is 2. The van der Waals surface area contributed by atoms with Gasteiger partial charge >= 0.3 is 0 Å². The lowest BCUT2D eigenvalue weighted by atomic mass is 9.86. The topological polar surface area (TPSA) is 58.9 Å². The Hall–Kier alpha value is -0.160. The Morgan fingerprint density at radius 2 is 2.06 bits per heavy atom. The average molecular weight is 230 g/mol. The molecule has 2 saturated heterocycles. The second-order valence-corrected chi connectivity index (χ2v) is 5.06. The summed E-state index contributed by atoms with van der Waals surface area (Å²) in [6.07, 6.45) is 3.09. The van der Waals surface area contributed by atoms with Crippen molar-refractivity contribution in [1.82, 2.24) is 0 Å². The Balaban J connectivity index is 1.91. The molecule has 0 saturated carbocycles. The summed E-state index contributed by atoms with van der Waals surface area (Å²) in [5.41, 5.74) is 0. The Bertz CT molecular complexity index is 218. The van der Waals surface area contributed by atoms with Crippen LogP contribution in [0.2, 0.25) is 0 Å². The molecule has 2 aliphatic rings. The van der Waals surface area contributed by atoms with Crippen LogP contribution in [-0.4, -0.2) is 41.9 Å².